The molecule has 1 aromatic heterocycles. The van der Waals surface area contributed by atoms with Crippen LogP contribution in [0.4, 0.5) is 13.2 Å². The molecule has 3 rings (SSSR count). The summed E-state index contributed by atoms with van der Waals surface area (Å²) >= 11 is 6.09. The third-order valence-corrected chi connectivity index (χ3v) is 6.94. The fourth-order valence-corrected chi connectivity index (χ4v) is 4.42. The van der Waals surface area contributed by atoms with Gasteiger partial charge in [-0.1, -0.05) is 35.9 Å². The normalized spacial score (nSPS) is 13.3. The van der Waals surface area contributed by atoms with E-state index in [1.807, 2.05) is 43.3 Å². The Morgan fingerprint density at radius 2 is 1.66 bits per heavy atom. The number of ether oxygens (including phenoxy) is 4. The number of nitrogens with one attached hydrogen (secondary N) is 1. The second kappa shape index (κ2) is 16.6. The van der Waals surface area contributed by atoms with Crippen molar-refractivity contribution in [1.82, 2.24) is 10.3 Å². The first-order valence-corrected chi connectivity index (χ1v) is 14.5. The molecule has 44 heavy (non-hydrogen) atoms. The highest BCUT2D eigenvalue weighted by Gasteiger charge is 2.34. The van der Waals surface area contributed by atoms with Crippen molar-refractivity contribution in [3.05, 3.63) is 88.6 Å². The first kappa shape index (κ1) is 35.1. The van der Waals surface area contributed by atoms with Crippen molar-refractivity contribution in [3.63, 3.8) is 0 Å². The summed E-state index contributed by atoms with van der Waals surface area (Å²) in [5.74, 6) is -0.113. The van der Waals surface area contributed by atoms with Crippen molar-refractivity contribution in [2.24, 2.45) is 0 Å². The Hall–Kier alpha value is -3.38. The molecule has 1 amide bonds. The van der Waals surface area contributed by atoms with E-state index in [9.17, 15) is 18.0 Å². The van der Waals surface area contributed by atoms with E-state index in [0.29, 0.717) is 49.8 Å². The summed E-state index contributed by atoms with van der Waals surface area (Å²) < 4.78 is 61.0. The van der Waals surface area contributed by atoms with Crippen LogP contribution in [0.3, 0.4) is 0 Å². The summed E-state index contributed by atoms with van der Waals surface area (Å²) in [6, 6.07) is 16.6. The zero-order valence-corrected chi connectivity index (χ0v) is 25.7. The molecule has 1 heterocycles. The molecule has 8 nitrogen and oxygen atoms in total. The molecule has 0 saturated heterocycles. The van der Waals surface area contributed by atoms with Crippen molar-refractivity contribution in [2.75, 3.05) is 39.6 Å². The lowest BCUT2D eigenvalue weighted by Gasteiger charge is -2.31. The van der Waals surface area contributed by atoms with Gasteiger partial charge in [0.25, 0.3) is 5.91 Å². The van der Waals surface area contributed by atoms with Gasteiger partial charge in [-0.3, -0.25) is 4.79 Å². The highest BCUT2D eigenvalue weighted by Crippen LogP contribution is 2.31. The van der Waals surface area contributed by atoms with Gasteiger partial charge in [0.15, 0.2) is 5.60 Å². The van der Waals surface area contributed by atoms with E-state index in [1.54, 1.807) is 12.1 Å². The number of nitrogens with zero attached hydrogens (tertiary/aromatic N) is 1. The summed E-state index contributed by atoms with van der Waals surface area (Å²) in [4.78, 5) is 17.1. The quantitative estimate of drug-likeness (QED) is 0.179. The maximum atomic E-state index is 13.4. The highest BCUT2D eigenvalue weighted by atomic mass is 35.5. The van der Waals surface area contributed by atoms with E-state index >= 15 is 0 Å². The van der Waals surface area contributed by atoms with E-state index in [4.69, 9.17) is 35.7 Å². The largest absolute Gasteiger partial charge is 0.491 e. The Labute approximate surface area is 260 Å². The molecular formula is C32H38ClF3N2O6. The Kier molecular flexibility index (Phi) is 13.3. The van der Waals surface area contributed by atoms with E-state index in [1.165, 1.54) is 13.8 Å². The Morgan fingerprint density at radius 3 is 2.30 bits per heavy atom. The van der Waals surface area contributed by atoms with Crippen molar-refractivity contribution in [1.29, 1.82) is 0 Å². The number of pyridine rings is 1. The topological polar surface area (TPSA) is 99.1 Å². The van der Waals surface area contributed by atoms with Crippen LogP contribution < -0.4 is 14.8 Å². The molecule has 2 atom stereocenters. The van der Waals surface area contributed by atoms with Crippen LogP contribution in [0.2, 0.25) is 5.02 Å². The molecule has 0 fully saturated rings. The van der Waals surface area contributed by atoms with Gasteiger partial charge in [-0.05, 0) is 68.7 Å². The number of hydrogen-bond acceptors (Lipinski definition) is 7. The Bertz CT molecular complexity index is 1310. The number of carbonyl (C=O) groups is 1. The number of rotatable bonds is 17. The Balaban J connectivity index is 1.69. The highest BCUT2D eigenvalue weighted by molar-refractivity contribution is 6.30. The molecule has 2 N–H and O–H groups in total. The molecule has 3 aromatic rings. The molecule has 0 aliphatic rings. The number of benzene rings is 2. The van der Waals surface area contributed by atoms with Crippen molar-refractivity contribution in [3.8, 4) is 11.6 Å². The molecule has 0 spiro atoms. The summed E-state index contributed by atoms with van der Waals surface area (Å²) in [7, 11) is 0. The summed E-state index contributed by atoms with van der Waals surface area (Å²) in [6.07, 6.45) is -3.29. The maximum Gasteiger partial charge on any atom is 0.417 e. The number of halogens is 4. The molecule has 0 saturated carbocycles. The minimum absolute atomic E-state index is 0.0352. The average molecular weight is 639 g/mol. The monoisotopic (exact) mass is 638 g/mol. The molecule has 0 bridgehead atoms. The fourth-order valence-electron chi connectivity index (χ4n) is 4.29. The van der Waals surface area contributed by atoms with E-state index in [0.717, 1.165) is 23.3 Å². The van der Waals surface area contributed by atoms with E-state index < -0.39 is 23.2 Å². The first-order valence-electron chi connectivity index (χ1n) is 14.2. The van der Waals surface area contributed by atoms with E-state index in [-0.39, 0.29) is 31.1 Å². The second-order valence-corrected chi connectivity index (χ2v) is 11.0. The third-order valence-electron chi connectivity index (χ3n) is 6.69. The van der Waals surface area contributed by atoms with Crippen LogP contribution >= 0.6 is 11.6 Å². The van der Waals surface area contributed by atoms with Gasteiger partial charge in [0.2, 0.25) is 5.88 Å². The molecule has 2 unspecified atom stereocenters. The van der Waals surface area contributed by atoms with Gasteiger partial charge >= 0.3 is 6.18 Å². The van der Waals surface area contributed by atoms with Crippen LogP contribution in [-0.4, -0.2) is 67.3 Å². The number of aromatic nitrogens is 1. The van der Waals surface area contributed by atoms with E-state index in [2.05, 4.69) is 10.3 Å². The van der Waals surface area contributed by atoms with Gasteiger partial charge in [-0.25, -0.2) is 4.98 Å². The zero-order valence-electron chi connectivity index (χ0n) is 24.9. The zero-order chi connectivity index (χ0) is 32.2. The van der Waals surface area contributed by atoms with Crippen molar-refractivity contribution < 1.29 is 42.0 Å². The number of hydrogen-bond donors (Lipinski definition) is 2. The molecule has 12 heteroatoms. The summed E-state index contributed by atoms with van der Waals surface area (Å²) in [5, 5.41) is 12.4. The smallest absolute Gasteiger partial charge is 0.417 e. The number of amides is 1. The van der Waals surface area contributed by atoms with Crippen LogP contribution in [0, 0.1) is 0 Å². The van der Waals surface area contributed by atoms with Crippen LogP contribution in [0.15, 0.2) is 66.9 Å². The average Bonchev–Trinajstić information content (AvgIpc) is 2.98. The lowest BCUT2D eigenvalue weighted by molar-refractivity contribution is -0.138. The maximum absolute atomic E-state index is 13.4. The molecule has 2 aromatic carbocycles. The van der Waals surface area contributed by atoms with Gasteiger partial charge < -0.3 is 29.4 Å². The van der Waals surface area contributed by atoms with Gasteiger partial charge in [-0.15, -0.1) is 0 Å². The second-order valence-electron chi connectivity index (χ2n) is 10.6. The van der Waals surface area contributed by atoms with Gasteiger partial charge in [-0.2, -0.15) is 13.2 Å². The lowest BCUT2D eigenvalue weighted by atomic mass is 9.86. The summed E-state index contributed by atoms with van der Waals surface area (Å²) in [6.45, 7) is 6.61. The number of aliphatic hydroxyl groups excluding tert-OH is 1. The molecule has 0 aliphatic heterocycles. The van der Waals surface area contributed by atoms with Gasteiger partial charge in [0.05, 0.1) is 38.6 Å². The van der Waals surface area contributed by atoms with Gasteiger partial charge in [0, 0.05) is 29.2 Å². The van der Waals surface area contributed by atoms with Crippen LogP contribution in [-0.2, 0) is 26.9 Å². The number of aliphatic hydroxyl groups is 1. The summed E-state index contributed by atoms with van der Waals surface area (Å²) in [5.41, 5.74) is -0.409. The molecule has 0 aliphatic carbocycles. The minimum Gasteiger partial charge on any atom is -0.491 e. The van der Waals surface area contributed by atoms with Crippen LogP contribution in [0.25, 0.3) is 0 Å². The molecule has 240 valence electrons. The first-order chi connectivity index (χ1) is 20.9. The predicted octanol–water partition coefficient (Wildman–Crippen LogP) is 5.85. The minimum atomic E-state index is -4.53. The van der Waals surface area contributed by atoms with Crippen LogP contribution in [0.1, 0.15) is 43.4 Å². The number of carbonyl (C=O) groups excluding carboxylic acids is 1. The van der Waals surface area contributed by atoms with Crippen LogP contribution in [0.5, 0.6) is 11.6 Å². The fraction of sp³-hybridized carbons (Fsp3) is 0.438. The SMILES string of the molecule is CC(NC(=O)C(C)(C)Oc1ccc(C(F)(F)F)cn1)C(Cc1ccc(Cl)cc1)c1cccc(OCCOCCOCCO)c1. The predicted molar refractivity (Wildman–Crippen MR) is 160 cm³/mol. The molecular weight excluding hydrogens is 601 g/mol. The standard InChI is InChI=1S/C32H38ClF3N2O6/c1-22(38-30(40)31(2,3)44-29-12-9-25(21-37-29)32(34,35)36)28(19-23-7-10-26(33)11-8-23)24-5-4-6-27(20-24)43-18-17-42-16-15-41-14-13-39/h4-12,20-22,28,39H,13-19H2,1-3H3,(H,38,40). The lowest BCUT2D eigenvalue weighted by Crippen LogP contribution is -2.51. The Morgan fingerprint density at radius 1 is 0.977 bits per heavy atom. The number of alkyl halides is 3. The van der Waals surface area contributed by atoms with Crippen molar-refractivity contribution in [2.45, 2.75) is 50.9 Å². The van der Waals surface area contributed by atoms with Crippen molar-refractivity contribution >= 4 is 17.5 Å². The third kappa shape index (κ3) is 11.3. The van der Waals surface area contributed by atoms with Gasteiger partial charge in [0.1, 0.15) is 12.4 Å². The molecule has 0 radical (unpaired) electrons.